The van der Waals surface area contributed by atoms with Crippen molar-refractivity contribution in [3.63, 3.8) is 0 Å². The molecule has 3 aromatic heterocycles. The maximum Gasteiger partial charge on any atom is 0.328 e. The van der Waals surface area contributed by atoms with Crippen LogP contribution in [0, 0.1) is 5.92 Å². The number of carbonyl (C=O) groups excluding carboxylic acids is 1. The Hall–Kier alpha value is -3.57. The lowest BCUT2D eigenvalue weighted by Gasteiger charge is -2.34. The molecule has 218 valence electrons. The molecule has 5 rings (SSSR count). The number of carboxylic acid groups (broad SMARTS) is 1. The van der Waals surface area contributed by atoms with E-state index in [-0.39, 0.29) is 22.9 Å². The number of nitrogens with one attached hydrogen (secondary N) is 2. The van der Waals surface area contributed by atoms with E-state index < -0.39 is 5.97 Å². The zero-order valence-electron chi connectivity index (χ0n) is 23.6. The molecule has 1 amide bonds. The summed E-state index contributed by atoms with van der Waals surface area (Å²) in [4.78, 5) is 49.5. The first-order valence-electron chi connectivity index (χ1n) is 14.4. The van der Waals surface area contributed by atoms with Crippen LogP contribution in [-0.4, -0.2) is 63.6 Å². The van der Waals surface area contributed by atoms with Gasteiger partial charge >= 0.3 is 5.97 Å². The van der Waals surface area contributed by atoms with Gasteiger partial charge in [-0.15, -0.1) is 11.3 Å². The van der Waals surface area contributed by atoms with Gasteiger partial charge in [0.2, 0.25) is 5.91 Å². The number of aromatic nitrogens is 3. The van der Waals surface area contributed by atoms with Crippen LogP contribution in [0.15, 0.2) is 34.6 Å². The van der Waals surface area contributed by atoms with Gasteiger partial charge in [-0.25, -0.2) is 14.8 Å². The average Bonchev–Trinajstić information content (AvgIpc) is 3.67. The van der Waals surface area contributed by atoms with Crippen LogP contribution < -0.4 is 21.1 Å². The Kier molecular flexibility index (Phi) is 9.14. The number of aliphatic carboxylic acids is 1. The average molecular weight is 579 g/mol. The monoisotopic (exact) mass is 578 g/mol. The lowest BCUT2D eigenvalue weighted by Crippen LogP contribution is -2.46. The molecule has 2 atom stereocenters. The number of anilines is 1. The number of nitrogens with zero attached hydrogens (tertiary/aromatic N) is 4. The van der Waals surface area contributed by atoms with E-state index in [9.17, 15) is 19.5 Å². The van der Waals surface area contributed by atoms with Gasteiger partial charge in [-0.1, -0.05) is 13.8 Å². The first-order valence-corrected chi connectivity index (χ1v) is 15.3. The van der Waals surface area contributed by atoms with Crippen molar-refractivity contribution < 1.29 is 14.7 Å². The lowest BCUT2D eigenvalue weighted by atomic mass is 9.96. The van der Waals surface area contributed by atoms with Crippen molar-refractivity contribution in [2.75, 3.05) is 31.1 Å². The van der Waals surface area contributed by atoms with E-state index in [4.69, 9.17) is 9.97 Å². The number of hydrogen-bond acceptors (Lipinski definition) is 8. The molecule has 0 aromatic carbocycles. The summed E-state index contributed by atoms with van der Waals surface area (Å²) in [6, 6.07) is 4.13. The summed E-state index contributed by atoms with van der Waals surface area (Å²) in [5.41, 5.74) is 2.50. The fourth-order valence-electron chi connectivity index (χ4n) is 5.52. The molecular weight excluding hydrogens is 540 g/mol. The van der Waals surface area contributed by atoms with Gasteiger partial charge in [0.25, 0.3) is 5.56 Å². The summed E-state index contributed by atoms with van der Waals surface area (Å²) in [6.45, 7) is 6.91. The standard InChI is InChI=1S/C30H38N6O4S/c1-19(2)24-18-41-26(33-24)9-7-20-11-14-36-25(15-20)34-28(23(30(36)40)8-10-27(37)38)35-13-4-5-21(17-35)29(39)32-16-22-6-3-12-31-22/h8,10-11,14-15,18-19,21-22,31H,3-7,9,12-13,16-17H2,1-2H3,(H,32,39)(H,37,38). The zero-order valence-corrected chi connectivity index (χ0v) is 24.5. The van der Waals surface area contributed by atoms with Crippen LogP contribution in [0.25, 0.3) is 11.7 Å². The Morgan fingerprint density at radius 3 is 2.83 bits per heavy atom. The molecule has 0 bridgehead atoms. The molecule has 2 fully saturated rings. The maximum absolute atomic E-state index is 13.6. The predicted molar refractivity (Wildman–Crippen MR) is 161 cm³/mol. The van der Waals surface area contributed by atoms with Gasteiger partial charge in [0.1, 0.15) is 11.5 Å². The minimum absolute atomic E-state index is 0.00800. The molecule has 5 heterocycles. The van der Waals surface area contributed by atoms with E-state index in [1.165, 1.54) is 10.5 Å². The number of amides is 1. The van der Waals surface area contributed by atoms with Crippen molar-refractivity contribution in [2.24, 2.45) is 5.92 Å². The molecule has 10 nitrogen and oxygen atoms in total. The summed E-state index contributed by atoms with van der Waals surface area (Å²) in [5, 5.41) is 19.0. The zero-order chi connectivity index (χ0) is 28.9. The van der Waals surface area contributed by atoms with E-state index in [2.05, 4.69) is 29.9 Å². The fourth-order valence-corrected chi connectivity index (χ4v) is 6.48. The van der Waals surface area contributed by atoms with Gasteiger partial charge in [0, 0.05) is 49.7 Å². The quantitative estimate of drug-likeness (QED) is 0.313. The maximum atomic E-state index is 13.6. The van der Waals surface area contributed by atoms with Crippen molar-refractivity contribution >= 4 is 40.8 Å². The summed E-state index contributed by atoms with van der Waals surface area (Å²) < 4.78 is 1.46. The second kappa shape index (κ2) is 12.9. The first kappa shape index (κ1) is 28.9. The van der Waals surface area contributed by atoms with Crippen LogP contribution in [0.1, 0.15) is 67.3 Å². The molecule has 0 radical (unpaired) electrons. The number of rotatable bonds is 10. The van der Waals surface area contributed by atoms with Gasteiger partial charge in [0.15, 0.2) is 0 Å². The van der Waals surface area contributed by atoms with E-state index in [0.29, 0.717) is 43.1 Å². The van der Waals surface area contributed by atoms with Crippen molar-refractivity contribution in [3.8, 4) is 0 Å². The molecule has 2 unspecified atom stereocenters. The van der Waals surface area contributed by atoms with Crippen LogP contribution in [0.2, 0.25) is 0 Å². The summed E-state index contributed by atoms with van der Waals surface area (Å²) in [5.74, 6) is -0.559. The molecule has 0 aliphatic carbocycles. The van der Waals surface area contributed by atoms with E-state index in [0.717, 1.165) is 67.4 Å². The Labute approximate surface area is 243 Å². The van der Waals surface area contributed by atoms with Crippen molar-refractivity contribution in [2.45, 2.75) is 64.3 Å². The predicted octanol–water partition coefficient (Wildman–Crippen LogP) is 3.24. The molecule has 2 aliphatic rings. The number of hydrogen-bond donors (Lipinski definition) is 3. The van der Waals surface area contributed by atoms with E-state index in [1.54, 1.807) is 17.5 Å². The van der Waals surface area contributed by atoms with E-state index >= 15 is 0 Å². The van der Waals surface area contributed by atoms with Crippen LogP contribution in [0.3, 0.4) is 0 Å². The number of pyridine rings is 1. The Morgan fingerprint density at radius 1 is 1.24 bits per heavy atom. The third-order valence-corrected chi connectivity index (χ3v) is 8.79. The van der Waals surface area contributed by atoms with Crippen molar-refractivity contribution in [1.29, 1.82) is 0 Å². The highest BCUT2D eigenvalue weighted by atomic mass is 32.1. The Balaban J connectivity index is 1.39. The summed E-state index contributed by atoms with van der Waals surface area (Å²) >= 11 is 1.67. The number of fused-ring (bicyclic) bond motifs is 1. The molecule has 2 saturated heterocycles. The number of piperidine rings is 1. The SMILES string of the molecule is CC(C)c1csc(CCc2ccn3c(=O)c(C=CC(=O)O)c(N4CCCC(C(=O)NCC5CCCN5)C4)nc3c2)n1. The minimum Gasteiger partial charge on any atom is -0.478 e. The second-order valence-electron chi connectivity index (χ2n) is 11.2. The number of aryl methyl sites for hydroxylation is 2. The number of carboxylic acids is 1. The number of carbonyl (C=O) groups is 2. The molecule has 2 aliphatic heterocycles. The Morgan fingerprint density at radius 2 is 2.10 bits per heavy atom. The van der Waals surface area contributed by atoms with Crippen molar-refractivity contribution in [3.05, 3.63) is 62.0 Å². The van der Waals surface area contributed by atoms with Gasteiger partial charge in [-0.3, -0.25) is 14.0 Å². The summed E-state index contributed by atoms with van der Waals surface area (Å²) in [7, 11) is 0. The minimum atomic E-state index is -1.14. The van der Waals surface area contributed by atoms with Crippen LogP contribution >= 0.6 is 11.3 Å². The highest BCUT2D eigenvalue weighted by molar-refractivity contribution is 7.09. The highest BCUT2D eigenvalue weighted by Crippen LogP contribution is 2.26. The number of thiazole rings is 1. The topological polar surface area (TPSA) is 129 Å². The molecule has 0 saturated carbocycles. The van der Waals surface area contributed by atoms with Crippen LogP contribution in [0.5, 0.6) is 0 Å². The summed E-state index contributed by atoms with van der Waals surface area (Å²) in [6.07, 6.45) is 9.25. The smallest absolute Gasteiger partial charge is 0.328 e. The van der Waals surface area contributed by atoms with Crippen LogP contribution in [0.4, 0.5) is 5.82 Å². The third kappa shape index (κ3) is 7.02. The van der Waals surface area contributed by atoms with Gasteiger partial charge < -0.3 is 20.6 Å². The highest BCUT2D eigenvalue weighted by Gasteiger charge is 2.29. The van der Waals surface area contributed by atoms with E-state index in [1.807, 2.05) is 17.0 Å². The van der Waals surface area contributed by atoms with Gasteiger partial charge in [-0.2, -0.15) is 0 Å². The molecule has 41 heavy (non-hydrogen) atoms. The third-order valence-electron chi connectivity index (χ3n) is 7.87. The fraction of sp³-hybridized carbons (Fsp3) is 0.500. The second-order valence-corrected chi connectivity index (χ2v) is 12.2. The normalized spacial score (nSPS) is 19.4. The molecule has 3 aromatic rings. The largest absolute Gasteiger partial charge is 0.478 e. The molecule has 3 N–H and O–H groups in total. The Bertz CT molecular complexity index is 1490. The first-order chi connectivity index (χ1) is 19.8. The lowest BCUT2D eigenvalue weighted by molar-refractivity contribution is -0.131. The van der Waals surface area contributed by atoms with Crippen molar-refractivity contribution in [1.82, 2.24) is 25.0 Å². The molecular formula is C30H38N6O4S. The van der Waals surface area contributed by atoms with Gasteiger partial charge in [-0.05, 0) is 68.3 Å². The van der Waals surface area contributed by atoms with Crippen LogP contribution in [-0.2, 0) is 22.4 Å². The van der Waals surface area contributed by atoms with Gasteiger partial charge in [0.05, 0.1) is 22.2 Å². The molecule has 11 heteroatoms. The molecule has 0 spiro atoms.